The number of hydrogen-bond donors (Lipinski definition) is 1. The maximum atomic E-state index is 12.3. The quantitative estimate of drug-likeness (QED) is 0.507. The standard InChI is InChI=1S/C10H9BrF2OS/c11-4-3-8(14)7-2-1-6(10(12)13)5-9(7)15/h1-2,5,10,15H,3-4H2. The highest BCUT2D eigenvalue weighted by molar-refractivity contribution is 9.09. The van der Waals surface area contributed by atoms with E-state index in [0.717, 1.165) is 0 Å². The Hall–Kier alpha value is -0.420. The molecule has 1 aromatic carbocycles. The molecule has 0 spiro atoms. The zero-order valence-electron chi connectivity index (χ0n) is 7.71. The lowest BCUT2D eigenvalue weighted by Gasteiger charge is -2.05. The van der Waals surface area contributed by atoms with Crippen LogP contribution in [0.1, 0.15) is 28.8 Å². The van der Waals surface area contributed by atoms with Crippen LogP contribution in [0.5, 0.6) is 0 Å². The molecule has 5 heteroatoms. The monoisotopic (exact) mass is 294 g/mol. The van der Waals surface area contributed by atoms with Crippen molar-refractivity contribution >= 4 is 34.3 Å². The molecular formula is C10H9BrF2OS. The first-order chi connectivity index (χ1) is 7.06. The van der Waals surface area contributed by atoms with Crippen LogP contribution in [0.3, 0.4) is 0 Å². The summed E-state index contributed by atoms with van der Waals surface area (Å²) in [7, 11) is 0. The van der Waals surface area contributed by atoms with Gasteiger partial charge in [-0.3, -0.25) is 4.79 Å². The summed E-state index contributed by atoms with van der Waals surface area (Å²) < 4.78 is 24.6. The predicted molar refractivity (Wildman–Crippen MR) is 61.4 cm³/mol. The van der Waals surface area contributed by atoms with Crippen LogP contribution in [0.25, 0.3) is 0 Å². The number of rotatable bonds is 4. The zero-order valence-corrected chi connectivity index (χ0v) is 10.2. The van der Waals surface area contributed by atoms with E-state index >= 15 is 0 Å². The van der Waals surface area contributed by atoms with Gasteiger partial charge in [-0.25, -0.2) is 8.78 Å². The van der Waals surface area contributed by atoms with E-state index in [1.54, 1.807) is 0 Å². The molecular weight excluding hydrogens is 286 g/mol. The fourth-order valence-corrected chi connectivity index (χ4v) is 1.85. The molecule has 0 N–H and O–H groups in total. The third-order valence-electron chi connectivity index (χ3n) is 1.90. The van der Waals surface area contributed by atoms with Crippen LogP contribution in [0.2, 0.25) is 0 Å². The molecule has 0 aliphatic carbocycles. The van der Waals surface area contributed by atoms with Gasteiger partial charge in [0, 0.05) is 27.8 Å². The Morgan fingerprint density at radius 3 is 2.60 bits per heavy atom. The number of benzene rings is 1. The lowest BCUT2D eigenvalue weighted by Crippen LogP contribution is -2.01. The van der Waals surface area contributed by atoms with Gasteiger partial charge in [-0.15, -0.1) is 12.6 Å². The number of Topliss-reactive ketones (excluding diaryl/α,β-unsaturated/α-hetero) is 1. The second-order valence-corrected chi connectivity index (χ2v) is 4.21. The fourth-order valence-electron chi connectivity index (χ4n) is 1.14. The van der Waals surface area contributed by atoms with Crippen LogP contribution in [0.15, 0.2) is 23.1 Å². The number of carbonyl (C=O) groups is 1. The molecule has 1 rings (SSSR count). The maximum absolute atomic E-state index is 12.3. The minimum atomic E-state index is -2.53. The first-order valence-electron chi connectivity index (χ1n) is 4.26. The second kappa shape index (κ2) is 5.61. The summed E-state index contributed by atoms with van der Waals surface area (Å²) in [6.45, 7) is 0. The van der Waals surface area contributed by atoms with Crippen LogP contribution in [-0.4, -0.2) is 11.1 Å². The Morgan fingerprint density at radius 2 is 2.13 bits per heavy atom. The topological polar surface area (TPSA) is 17.1 Å². The molecule has 0 unspecified atom stereocenters. The van der Waals surface area contributed by atoms with E-state index in [2.05, 4.69) is 28.6 Å². The molecule has 15 heavy (non-hydrogen) atoms. The molecule has 0 heterocycles. The van der Waals surface area contributed by atoms with E-state index < -0.39 is 6.43 Å². The first kappa shape index (κ1) is 12.6. The summed E-state index contributed by atoms with van der Waals surface area (Å²) in [5, 5.41) is 0.551. The Labute approximate surface area is 100 Å². The summed E-state index contributed by atoms with van der Waals surface area (Å²) in [5.41, 5.74) is 0.276. The average Bonchev–Trinajstić information content (AvgIpc) is 2.17. The van der Waals surface area contributed by atoms with E-state index in [9.17, 15) is 13.6 Å². The molecule has 0 saturated carbocycles. The fraction of sp³-hybridized carbons (Fsp3) is 0.300. The normalized spacial score (nSPS) is 10.7. The number of thiol groups is 1. The number of halogens is 3. The van der Waals surface area contributed by atoms with Gasteiger partial charge in [0.05, 0.1) is 0 Å². The van der Waals surface area contributed by atoms with Crippen molar-refractivity contribution in [2.24, 2.45) is 0 Å². The maximum Gasteiger partial charge on any atom is 0.263 e. The highest BCUT2D eigenvalue weighted by atomic mass is 79.9. The van der Waals surface area contributed by atoms with Crippen LogP contribution >= 0.6 is 28.6 Å². The van der Waals surface area contributed by atoms with E-state index in [4.69, 9.17) is 0 Å². The van der Waals surface area contributed by atoms with Gasteiger partial charge in [-0.1, -0.05) is 22.0 Å². The van der Waals surface area contributed by atoms with Crippen LogP contribution in [0, 0.1) is 0 Å². The van der Waals surface area contributed by atoms with Crippen molar-refractivity contribution in [3.05, 3.63) is 29.3 Å². The van der Waals surface area contributed by atoms with Gasteiger partial charge in [0.1, 0.15) is 0 Å². The van der Waals surface area contributed by atoms with Crippen molar-refractivity contribution in [3.8, 4) is 0 Å². The van der Waals surface area contributed by atoms with E-state index in [1.165, 1.54) is 18.2 Å². The molecule has 82 valence electrons. The van der Waals surface area contributed by atoms with Gasteiger partial charge in [0.25, 0.3) is 6.43 Å². The minimum absolute atomic E-state index is 0.0994. The zero-order chi connectivity index (χ0) is 11.4. The average molecular weight is 295 g/mol. The van der Waals surface area contributed by atoms with Gasteiger partial charge in [0.15, 0.2) is 5.78 Å². The van der Waals surface area contributed by atoms with E-state index in [0.29, 0.717) is 22.2 Å². The first-order valence-corrected chi connectivity index (χ1v) is 5.83. The molecule has 1 aromatic rings. The molecule has 0 saturated heterocycles. The Bertz CT molecular complexity index is 368. The van der Waals surface area contributed by atoms with Crippen molar-refractivity contribution < 1.29 is 13.6 Å². The Morgan fingerprint density at radius 1 is 1.47 bits per heavy atom. The predicted octanol–water partition coefficient (Wildman–Crippen LogP) is 3.88. The smallest absolute Gasteiger partial charge is 0.263 e. The largest absolute Gasteiger partial charge is 0.294 e. The van der Waals surface area contributed by atoms with Gasteiger partial charge >= 0.3 is 0 Å². The van der Waals surface area contributed by atoms with Gasteiger partial charge in [-0.2, -0.15) is 0 Å². The third-order valence-corrected chi connectivity index (χ3v) is 2.66. The van der Waals surface area contributed by atoms with Crippen molar-refractivity contribution in [3.63, 3.8) is 0 Å². The van der Waals surface area contributed by atoms with Crippen molar-refractivity contribution in [2.45, 2.75) is 17.7 Å². The highest BCUT2D eigenvalue weighted by Crippen LogP contribution is 2.24. The lowest BCUT2D eigenvalue weighted by molar-refractivity contribution is 0.0986. The van der Waals surface area contributed by atoms with Crippen molar-refractivity contribution in [1.29, 1.82) is 0 Å². The van der Waals surface area contributed by atoms with Gasteiger partial charge in [0.2, 0.25) is 0 Å². The second-order valence-electron chi connectivity index (χ2n) is 2.94. The molecule has 0 fully saturated rings. The van der Waals surface area contributed by atoms with Gasteiger partial charge < -0.3 is 0 Å². The number of carbonyl (C=O) groups excluding carboxylic acids is 1. The number of ketones is 1. The highest BCUT2D eigenvalue weighted by Gasteiger charge is 2.12. The summed E-state index contributed by atoms with van der Waals surface area (Å²) in [6, 6.07) is 3.88. The Kier molecular flexibility index (Phi) is 4.73. The molecule has 0 amide bonds. The molecule has 1 nitrogen and oxygen atoms in total. The SMILES string of the molecule is O=C(CCBr)c1ccc(C(F)F)cc1S. The van der Waals surface area contributed by atoms with E-state index in [-0.39, 0.29) is 11.3 Å². The summed E-state index contributed by atoms with van der Waals surface area (Å²) in [5.74, 6) is -0.0994. The summed E-state index contributed by atoms with van der Waals surface area (Å²) in [4.78, 5) is 11.8. The summed E-state index contributed by atoms with van der Waals surface area (Å²) in [6.07, 6.45) is -2.20. The number of alkyl halides is 3. The molecule has 0 bridgehead atoms. The molecule has 0 aromatic heterocycles. The number of hydrogen-bond acceptors (Lipinski definition) is 2. The van der Waals surface area contributed by atoms with Crippen LogP contribution in [-0.2, 0) is 0 Å². The Balaban J connectivity index is 2.98. The minimum Gasteiger partial charge on any atom is -0.294 e. The van der Waals surface area contributed by atoms with Crippen LogP contribution < -0.4 is 0 Å². The van der Waals surface area contributed by atoms with E-state index in [1.807, 2.05) is 0 Å². The van der Waals surface area contributed by atoms with Crippen molar-refractivity contribution in [2.75, 3.05) is 5.33 Å². The molecule has 0 radical (unpaired) electrons. The lowest BCUT2D eigenvalue weighted by atomic mass is 10.1. The molecule has 0 atom stereocenters. The summed E-state index contributed by atoms with van der Waals surface area (Å²) >= 11 is 7.17. The molecule has 0 aliphatic heterocycles. The van der Waals surface area contributed by atoms with Crippen LogP contribution in [0.4, 0.5) is 8.78 Å². The molecule has 0 aliphatic rings. The van der Waals surface area contributed by atoms with Crippen molar-refractivity contribution in [1.82, 2.24) is 0 Å². The third kappa shape index (κ3) is 3.28. The van der Waals surface area contributed by atoms with Gasteiger partial charge in [-0.05, 0) is 12.1 Å².